The fourth-order valence-electron chi connectivity index (χ4n) is 11.8. The summed E-state index contributed by atoms with van der Waals surface area (Å²) in [7, 11) is 0. The molecule has 4 saturated carbocycles. The number of unbranched alkanes of at least 4 members (excludes halogenated alkanes) is 2. The molecule has 2 unspecified atom stereocenters. The van der Waals surface area contributed by atoms with Gasteiger partial charge in [-0.15, -0.1) is 0 Å². The summed E-state index contributed by atoms with van der Waals surface area (Å²) in [5.41, 5.74) is 8.50. The summed E-state index contributed by atoms with van der Waals surface area (Å²) in [6, 6.07) is -0.256. The molecule has 0 aliphatic heterocycles. The second kappa shape index (κ2) is 11.5. The van der Waals surface area contributed by atoms with Gasteiger partial charge < -0.3 is 5.73 Å². The number of carbonyl (C=O) groups is 1. The number of nitrogens with two attached hydrogens (primary N) is 1. The molecule has 4 fully saturated rings. The Morgan fingerprint density at radius 3 is 2.24 bits per heavy atom. The third-order valence-corrected chi connectivity index (χ3v) is 14.3. The summed E-state index contributed by atoms with van der Waals surface area (Å²) in [6.45, 7) is 20.4. The Morgan fingerprint density at radius 2 is 1.53 bits per heavy atom. The van der Waals surface area contributed by atoms with Crippen LogP contribution in [0.2, 0.25) is 0 Å². The number of hydrogen-bond donors (Lipinski definition) is 1. The van der Waals surface area contributed by atoms with Gasteiger partial charge in [-0.2, -0.15) is 0 Å². The van der Waals surface area contributed by atoms with Crippen molar-refractivity contribution in [3.63, 3.8) is 0 Å². The normalized spacial score (nSPS) is 42.4. The molecule has 0 spiro atoms. The summed E-state index contributed by atoms with van der Waals surface area (Å²) < 4.78 is 0. The molecule has 0 radical (unpaired) electrons. The molecule has 38 heavy (non-hydrogen) atoms. The smallest absolute Gasteiger partial charge is 0.149 e. The van der Waals surface area contributed by atoms with Crippen molar-refractivity contribution >= 4 is 5.78 Å². The summed E-state index contributed by atoms with van der Waals surface area (Å²) >= 11 is 0. The van der Waals surface area contributed by atoms with Crippen molar-refractivity contribution in [3.05, 3.63) is 0 Å². The van der Waals surface area contributed by atoms with E-state index in [4.69, 9.17) is 5.73 Å². The van der Waals surface area contributed by atoms with Gasteiger partial charge in [-0.1, -0.05) is 87.5 Å². The zero-order valence-electron chi connectivity index (χ0n) is 26.8. The van der Waals surface area contributed by atoms with Crippen LogP contribution in [-0.2, 0) is 4.79 Å². The van der Waals surface area contributed by atoms with E-state index in [0.717, 1.165) is 55.3 Å². The van der Waals surface area contributed by atoms with Crippen LogP contribution in [0, 0.1) is 57.2 Å². The van der Waals surface area contributed by atoms with Gasteiger partial charge in [0, 0.05) is 6.42 Å². The molecule has 4 aliphatic rings. The van der Waals surface area contributed by atoms with E-state index < -0.39 is 0 Å². The van der Waals surface area contributed by atoms with Crippen molar-refractivity contribution in [1.82, 2.24) is 0 Å². The highest BCUT2D eigenvalue weighted by molar-refractivity contribution is 5.83. The van der Waals surface area contributed by atoms with Gasteiger partial charge in [0.25, 0.3) is 0 Å². The molecule has 10 atom stereocenters. The monoisotopic (exact) mass is 528 g/mol. The van der Waals surface area contributed by atoms with E-state index in [1.165, 1.54) is 70.6 Å². The van der Waals surface area contributed by atoms with Gasteiger partial charge >= 0.3 is 0 Å². The molecule has 0 aromatic rings. The molecule has 4 rings (SSSR count). The van der Waals surface area contributed by atoms with Crippen LogP contribution < -0.4 is 5.73 Å². The average molecular weight is 528 g/mol. The SMILES string of the molecule is CCCCCC(=O)C(N)C(C)CCC[C@@H](C)[C@H]1CC[C@]2(C)[C@@H]1CC[C@@H]1[C@@]3(C)CCCC(C)(C)[C@@H]3CC[C@]12C. The molecule has 0 aromatic heterocycles. The Labute approximate surface area is 237 Å². The van der Waals surface area contributed by atoms with Gasteiger partial charge in [-0.3, -0.25) is 4.79 Å². The van der Waals surface area contributed by atoms with Crippen LogP contribution in [0.4, 0.5) is 0 Å². The number of hydrogen-bond acceptors (Lipinski definition) is 2. The maximum atomic E-state index is 12.5. The third-order valence-electron chi connectivity index (χ3n) is 14.3. The average Bonchev–Trinajstić information content (AvgIpc) is 3.21. The standard InChI is InChI=1S/C36H65NO/c1-9-10-11-16-29(38)32(37)26(3)15-12-14-25(2)27-19-23-35(7)28(27)17-18-31-34(6)22-13-21-33(4,5)30(34)20-24-36(31,35)8/h25-28,30-32H,9-24,37H2,1-8H3/t25-,26?,27-,28-,30+,31-,32?,34+,35-,36-/m1/s1. The van der Waals surface area contributed by atoms with E-state index in [0.29, 0.717) is 39.8 Å². The zero-order valence-corrected chi connectivity index (χ0v) is 26.8. The first-order chi connectivity index (χ1) is 17.8. The van der Waals surface area contributed by atoms with E-state index in [9.17, 15) is 4.79 Å². The molecular formula is C36H65NO. The van der Waals surface area contributed by atoms with Gasteiger partial charge in [-0.05, 0) is 121 Å². The van der Waals surface area contributed by atoms with Gasteiger partial charge in [0.2, 0.25) is 0 Å². The van der Waals surface area contributed by atoms with Gasteiger partial charge in [-0.25, -0.2) is 0 Å². The Morgan fingerprint density at radius 1 is 0.816 bits per heavy atom. The highest BCUT2D eigenvalue weighted by Gasteiger charge is 2.67. The Hall–Kier alpha value is -0.370. The molecule has 0 aromatic carbocycles. The molecule has 0 bridgehead atoms. The van der Waals surface area contributed by atoms with Gasteiger partial charge in [0.1, 0.15) is 5.78 Å². The van der Waals surface area contributed by atoms with Crippen molar-refractivity contribution in [1.29, 1.82) is 0 Å². The lowest BCUT2D eigenvalue weighted by molar-refractivity contribution is -0.203. The van der Waals surface area contributed by atoms with Crippen LogP contribution in [0.3, 0.4) is 0 Å². The van der Waals surface area contributed by atoms with Crippen LogP contribution >= 0.6 is 0 Å². The van der Waals surface area contributed by atoms with Crippen LogP contribution in [0.25, 0.3) is 0 Å². The zero-order chi connectivity index (χ0) is 27.9. The van der Waals surface area contributed by atoms with Crippen LogP contribution in [0.5, 0.6) is 0 Å². The molecule has 220 valence electrons. The summed E-state index contributed by atoms with van der Waals surface area (Å²) in [4.78, 5) is 12.5. The lowest BCUT2D eigenvalue weighted by Crippen LogP contribution is -2.62. The summed E-state index contributed by atoms with van der Waals surface area (Å²) in [5.74, 6) is 5.05. The molecule has 2 N–H and O–H groups in total. The first kappa shape index (κ1) is 30.6. The third kappa shape index (κ3) is 5.20. The molecular weight excluding hydrogens is 462 g/mol. The maximum absolute atomic E-state index is 12.5. The lowest BCUT2D eigenvalue weighted by atomic mass is 9.35. The highest BCUT2D eigenvalue weighted by Crippen LogP contribution is 2.75. The topological polar surface area (TPSA) is 43.1 Å². The molecule has 0 amide bonds. The highest BCUT2D eigenvalue weighted by atomic mass is 16.1. The first-order valence-electron chi connectivity index (χ1n) is 17.1. The molecule has 4 aliphatic carbocycles. The van der Waals surface area contributed by atoms with E-state index in [2.05, 4.69) is 55.4 Å². The van der Waals surface area contributed by atoms with Crippen molar-refractivity contribution in [2.75, 3.05) is 0 Å². The van der Waals surface area contributed by atoms with Crippen molar-refractivity contribution in [2.45, 2.75) is 164 Å². The van der Waals surface area contributed by atoms with Crippen molar-refractivity contribution in [3.8, 4) is 0 Å². The van der Waals surface area contributed by atoms with E-state index in [1.807, 2.05) is 0 Å². The Bertz CT molecular complexity index is 818. The van der Waals surface area contributed by atoms with Crippen molar-refractivity contribution in [2.24, 2.45) is 62.9 Å². The summed E-state index contributed by atoms with van der Waals surface area (Å²) in [5, 5.41) is 0. The van der Waals surface area contributed by atoms with Crippen LogP contribution in [0.1, 0.15) is 158 Å². The van der Waals surface area contributed by atoms with Gasteiger partial charge in [0.15, 0.2) is 0 Å². The van der Waals surface area contributed by atoms with Crippen LogP contribution in [-0.4, -0.2) is 11.8 Å². The number of Topliss-reactive ketones (excluding diaryl/α,β-unsaturated/α-hetero) is 1. The fourth-order valence-corrected chi connectivity index (χ4v) is 11.8. The fraction of sp³-hybridized carbons (Fsp3) is 0.972. The lowest BCUT2D eigenvalue weighted by Gasteiger charge is -2.69. The quantitative estimate of drug-likeness (QED) is 0.272. The Balaban J connectivity index is 1.36. The second-order valence-electron chi connectivity index (χ2n) is 16.5. The predicted octanol–water partition coefficient (Wildman–Crippen LogP) is 9.98. The molecule has 2 nitrogen and oxygen atoms in total. The predicted molar refractivity (Wildman–Crippen MR) is 163 cm³/mol. The minimum absolute atomic E-state index is 0.256. The number of rotatable bonds is 11. The number of carbonyl (C=O) groups excluding carboxylic acids is 1. The van der Waals surface area contributed by atoms with Crippen molar-refractivity contribution < 1.29 is 4.79 Å². The Kier molecular flexibility index (Phi) is 9.24. The minimum atomic E-state index is -0.256. The number of ketones is 1. The van der Waals surface area contributed by atoms with E-state index >= 15 is 0 Å². The largest absolute Gasteiger partial charge is 0.321 e. The molecule has 0 saturated heterocycles. The first-order valence-corrected chi connectivity index (χ1v) is 17.1. The van der Waals surface area contributed by atoms with E-state index in [-0.39, 0.29) is 6.04 Å². The summed E-state index contributed by atoms with van der Waals surface area (Å²) in [6.07, 6.45) is 20.8. The van der Waals surface area contributed by atoms with E-state index in [1.54, 1.807) is 0 Å². The maximum Gasteiger partial charge on any atom is 0.149 e. The van der Waals surface area contributed by atoms with Crippen LogP contribution in [0.15, 0.2) is 0 Å². The molecule has 2 heteroatoms. The number of fused-ring (bicyclic) bond motifs is 5. The second-order valence-corrected chi connectivity index (χ2v) is 16.5. The minimum Gasteiger partial charge on any atom is -0.321 e. The molecule has 0 heterocycles. The van der Waals surface area contributed by atoms with Gasteiger partial charge in [0.05, 0.1) is 6.04 Å².